The molecule has 0 radical (unpaired) electrons. The van der Waals surface area contributed by atoms with E-state index in [1.54, 1.807) is 47.0 Å². The molecule has 0 unspecified atom stereocenters. The van der Waals surface area contributed by atoms with E-state index in [1.165, 1.54) is 16.8 Å². The molecule has 10 nitrogen and oxygen atoms in total. The van der Waals surface area contributed by atoms with Crippen LogP contribution in [0.25, 0.3) is 0 Å². The fourth-order valence-corrected chi connectivity index (χ4v) is 4.20. The lowest BCUT2D eigenvalue weighted by atomic mass is 10.3. The van der Waals surface area contributed by atoms with Crippen LogP contribution in [0.1, 0.15) is 5.69 Å². The zero-order valence-corrected chi connectivity index (χ0v) is 14.8. The Labute approximate surface area is 150 Å². The Balaban J connectivity index is 1.66. The highest BCUT2D eigenvalue weighted by atomic mass is 32.2. The minimum atomic E-state index is -3.77. The normalized spacial score (nSPS) is 18.3. The first-order chi connectivity index (χ1) is 12.5. The van der Waals surface area contributed by atoms with Crippen molar-refractivity contribution in [3.8, 4) is 6.01 Å². The van der Waals surface area contributed by atoms with Gasteiger partial charge in [0.2, 0.25) is 0 Å². The number of sulfonamides is 1. The van der Waals surface area contributed by atoms with Crippen molar-refractivity contribution in [2.75, 3.05) is 6.54 Å². The van der Waals surface area contributed by atoms with Crippen molar-refractivity contribution in [2.24, 2.45) is 7.05 Å². The highest BCUT2D eigenvalue weighted by Crippen LogP contribution is 2.21. The third kappa shape index (κ3) is 3.18. The maximum absolute atomic E-state index is 13.0. The largest absolute Gasteiger partial charge is 0.457 e. The molecule has 136 valence electrons. The molecule has 1 atom stereocenters. The fourth-order valence-electron chi connectivity index (χ4n) is 2.79. The molecule has 3 aromatic heterocycles. The van der Waals surface area contributed by atoms with Crippen LogP contribution in [-0.4, -0.2) is 54.7 Å². The van der Waals surface area contributed by atoms with E-state index in [2.05, 4.69) is 20.1 Å². The summed E-state index contributed by atoms with van der Waals surface area (Å²) in [7, 11) is -2.05. The monoisotopic (exact) mass is 375 g/mol. The van der Waals surface area contributed by atoms with Crippen molar-refractivity contribution in [1.82, 2.24) is 33.6 Å². The first-order valence-corrected chi connectivity index (χ1v) is 9.39. The van der Waals surface area contributed by atoms with Gasteiger partial charge in [0.15, 0.2) is 5.03 Å². The lowest BCUT2D eigenvalue weighted by Gasteiger charge is -2.22. The molecule has 1 aliphatic heterocycles. The Kier molecular flexibility index (Phi) is 4.17. The number of hydrogen-bond donors (Lipinski definition) is 0. The molecule has 0 fully saturated rings. The molecule has 4 heterocycles. The SMILES string of the molecule is Cn1cnc(S(=O)(=O)N2Cc3ccnn3C[C@@H](Oc3ncccn3)C2)c1. The van der Waals surface area contributed by atoms with E-state index in [9.17, 15) is 8.42 Å². The van der Waals surface area contributed by atoms with Crippen LogP contribution in [-0.2, 0) is 30.2 Å². The van der Waals surface area contributed by atoms with Crippen LogP contribution in [0.3, 0.4) is 0 Å². The predicted octanol–water partition coefficient (Wildman–Crippen LogP) is 0.0587. The molecule has 4 rings (SSSR count). The lowest BCUT2D eigenvalue weighted by Crippen LogP contribution is -2.39. The van der Waals surface area contributed by atoms with Crippen LogP contribution in [0.4, 0.5) is 0 Å². The third-order valence-corrected chi connectivity index (χ3v) is 5.72. The highest BCUT2D eigenvalue weighted by Gasteiger charge is 2.33. The van der Waals surface area contributed by atoms with Gasteiger partial charge in [-0.2, -0.15) is 9.40 Å². The van der Waals surface area contributed by atoms with Crippen molar-refractivity contribution in [1.29, 1.82) is 0 Å². The summed E-state index contributed by atoms with van der Waals surface area (Å²) in [6.45, 7) is 0.726. The van der Waals surface area contributed by atoms with Crippen LogP contribution in [0.15, 0.2) is 48.3 Å². The Morgan fingerprint density at radius 2 is 1.96 bits per heavy atom. The summed E-state index contributed by atoms with van der Waals surface area (Å²) in [5.41, 5.74) is 0.782. The van der Waals surface area contributed by atoms with Gasteiger partial charge < -0.3 is 9.30 Å². The second-order valence-electron chi connectivity index (χ2n) is 5.95. The molecule has 11 heteroatoms. The topological polar surface area (TPSA) is 108 Å². The van der Waals surface area contributed by atoms with E-state index in [4.69, 9.17) is 4.74 Å². The van der Waals surface area contributed by atoms with E-state index in [-0.39, 0.29) is 24.1 Å². The second-order valence-corrected chi connectivity index (χ2v) is 7.84. The molecular formula is C15H17N7O3S. The number of imidazole rings is 1. The van der Waals surface area contributed by atoms with Gasteiger partial charge in [-0.25, -0.2) is 23.4 Å². The third-order valence-electron chi connectivity index (χ3n) is 4.03. The van der Waals surface area contributed by atoms with Gasteiger partial charge in [0.25, 0.3) is 10.0 Å². The lowest BCUT2D eigenvalue weighted by molar-refractivity contribution is 0.144. The summed E-state index contributed by atoms with van der Waals surface area (Å²) >= 11 is 0. The van der Waals surface area contributed by atoms with Crippen LogP contribution >= 0.6 is 0 Å². The minimum Gasteiger partial charge on any atom is -0.457 e. The molecule has 0 saturated carbocycles. The van der Waals surface area contributed by atoms with Gasteiger partial charge in [-0.15, -0.1) is 0 Å². The van der Waals surface area contributed by atoms with E-state index < -0.39 is 16.1 Å². The summed E-state index contributed by atoms with van der Waals surface area (Å²) in [6.07, 6.45) is 7.23. The average Bonchev–Trinajstić information content (AvgIpc) is 3.21. The zero-order chi connectivity index (χ0) is 18.1. The molecule has 0 saturated heterocycles. The van der Waals surface area contributed by atoms with Crippen molar-refractivity contribution < 1.29 is 13.2 Å². The highest BCUT2D eigenvalue weighted by molar-refractivity contribution is 7.89. The van der Waals surface area contributed by atoms with Gasteiger partial charge in [0, 0.05) is 31.8 Å². The molecule has 0 spiro atoms. The second kappa shape index (κ2) is 6.50. The first-order valence-electron chi connectivity index (χ1n) is 7.95. The molecule has 0 aromatic carbocycles. The Morgan fingerprint density at radius 3 is 2.69 bits per heavy atom. The van der Waals surface area contributed by atoms with Crippen LogP contribution in [0.5, 0.6) is 6.01 Å². The quantitative estimate of drug-likeness (QED) is 0.634. The molecule has 0 bridgehead atoms. The van der Waals surface area contributed by atoms with Crippen molar-refractivity contribution in [3.05, 3.63) is 48.9 Å². The van der Waals surface area contributed by atoms with Gasteiger partial charge in [-0.1, -0.05) is 0 Å². The molecule has 0 N–H and O–H groups in total. The van der Waals surface area contributed by atoms with E-state index in [0.717, 1.165) is 5.69 Å². The Bertz CT molecular complexity index is 999. The number of rotatable bonds is 4. The van der Waals surface area contributed by atoms with Gasteiger partial charge in [0.05, 0.1) is 31.7 Å². The van der Waals surface area contributed by atoms with Gasteiger partial charge >= 0.3 is 6.01 Å². The maximum atomic E-state index is 13.0. The summed E-state index contributed by atoms with van der Waals surface area (Å²) in [6, 6.07) is 3.68. The molecular weight excluding hydrogens is 358 g/mol. The molecule has 3 aromatic rings. The molecule has 26 heavy (non-hydrogen) atoms. The molecule has 0 amide bonds. The summed E-state index contributed by atoms with van der Waals surface area (Å²) in [4.78, 5) is 12.1. The van der Waals surface area contributed by atoms with Crippen molar-refractivity contribution in [2.45, 2.75) is 24.2 Å². The van der Waals surface area contributed by atoms with E-state index in [0.29, 0.717) is 6.54 Å². The molecule has 1 aliphatic rings. The average molecular weight is 375 g/mol. The Morgan fingerprint density at radius 1 is 1.15 bits per heavy atom. The standard InChI is InChI=1S/C15H17N7O3S/c1-20-10-14(18-11-20)26(23,24)21-7-12-3-6-19-22(12)9-13(8-21)25-15-16-4-2-5-17-15/h2-6,10-11,13H,7-9H2,1H3/t13-/m0/s1. The predicted molar refractivity (Wildman–Crippen MR) is 89.5 cm³/mol. The summed E-state index contributed by atoms with van der Waals surface area (Å²) in [5, 5.41) is 4.26. The molecule has 0 aliphatic carbocycles. The Hall–Kier alpha value is -2.79. The smallest absolute Gasteiger partial charge is 0.316 e. The van der Waals surface area contributed by atoms with Gasteiger partial charge in [-0.3, -0.25) is 4.68 Å². The summed E-state index contributed by atoms with van der Waals surface area (Å²) in [5.74, 6) is 0. The summed E-state index contributed by atoms with van der Waals surface area (Å²) < 4.78 is 36.5. The number of hydrogen-bond acceptors (Lipinski definition) is 7. The minimum absolute atomic E-state index is 0.00248. The van der Waals surface area contributed by atoms with Crippen LogP contribution in [0.2, 0.25) is 0 Å². The van der Waals surface area contributed by atoms with Crippen molar-refractivity contribution in [3.63, 3.8) is 0 Å². The van der Waals surface area contributed by atoms with Crippen molar-refractivity contribution >= 4 is 10.0 Å². The van der Waals surface area contributed by atoms with Gasteiger partial charge in [-0.05, 0) is 12.1 Å². The number of aryl methyl sites for hydroxylation is 1. The zero-order valence-electron chi connectivity index (χ0n) is 14.0. The van der Waals surface area contributed by atoms with Gasteiger partial charge in [0.1, 0.15) is 6.10 Å². The van der Waals surface area contributed by atoms with E-state index in [1.807, 2.05) is 0 Å². The number of ether oxygens (including phenoxy) is 1. The fraction of sp³-hybridized carbons (Fsp3) is 0.333. The van der Waals surface area contributed by atoms with Crippen LogP contribution < -0.4 is 4.74 Å². The van der Waals surface area contributed by atoms with Crippen LogP contribution in [0, 0.1) is 0 Å². The number of fused-ring (bicyclic) bond motifs is 1. The maximum Gasteiger partial charge on any atom is 0.316 e. The van der Waals surface area contributed by atoms with E-state index >= 15 is 0 Å². The number of aromatic nitrogens is 6. The first kappa shape index (κ1) is 16.7. The number of nitrogens with zero attached hydrogens (tertiary/aromatic N) is 7.